The molecular formula is C25H27BrN6O2. The normalized spacial score (nSPS) is 16.5. The van der Waals surface area contributed by atoms with Crippen LogP contribution in [0.4, 0.5) is 5.69 Å². The number of carbonyl (C=O) groups excluding carboxylic acids is 1. The number of hydrazine groups is 1. The van der Waals surface area contributed by atoms with E-state index in [0.29, 0.717) is 23.7 Å². The number of hydrogen-bond acceptors (Lipinski definition) is 7. The summed E-state index contributed by atoms with van der Waals surface area (Å²) in [4.78, 5) is 18.0. The van der Waals surface area contributed by atoms with E-state index >= 15 is 0 Å². The third kappa shape index (κ3) is 5.24. The monoisotopic (exact) mass is 522 g/mol. The van der Waals surface area contributed by atoms with E-state index in [1.54, 1.807) is 18.3 Å². The molecule has 0 saturated carbocycles. The van der Waals surface area contributed by atoms with Gasteiger partial charge in [0.15, 0.2) is 0 Å². The second-order valence-electron chi connectivity index (χ2n) is 8.49. The summed E-state index contributed by atoms with van der Waals surface area (Å²) < 4.78 is 7.10. The highest BCUT2D eigenvalue weighted by Crippen LogP contribution is 2.30. The fraction of sp³-hybridized carbons (Fsp3) is 0.320. The Kier molecular flexibility index (Phi) is 7.20. The van der Waals surface area contributed by atoms with Gasteiger partial charge in [0.1, 0.15) is 12.4 Å². The van der Waals surface area contributed by atoms with Gasteiger partial charge in [0, 0.05) is 36.6 Å². The van der Waals surface area contributed by atoms with Crippen LogP contribution in [0, 0.1) is 25.2 Å². The number of aryl methyl sites for hydroxylation is 2. The largest absolute Gasteiger partial charge is 0.438 e. The second-order valence-corrected chi connectivity index (χ2v) is 9.34. The highest BCUT2D eigenvalue weighted by molar-refractivity contribution is 9.12. The van der Waals surface area contributed by atoms with Crippen molar-refractivity contribution in [3.05, 3.63) is 69.0 Å². The van der Waals surface area contributed by atoms with Crippen molar-refractivity contribution >= 4 is 33.7 Å². The van der Waals surface area contributed by atoms with E-state index < -0.39 is 5.91 Å². The predicted molar refractivity (Wildman–Crippen MR) is 136 cm³/mol. The van der Waals surface area contributed by atoms with Gasteiger partial charge in [0.25, 0.3) is 0 Å². The number of rotatable bonds is 6. The Morgan fingerprint density at radius 3 is 2.44 bits per heavy atom. The highest BCUT2D eigenvalue weighted by atomic mass is 79.9. The maximum Gasteiger partial charge on any atom is 0.248 e. The molecular weight excluding hydrogens is 496 g/mol. The Labute approximate surface area is 207 Å². The van der Waals surface area contributed by atoms with Crippen molar-refractivity contribution in [2.45, 2.75) is 32.7 Å². The minimum absolute atomic E-state index is 0.261. The summed E-state index contributed by atoms with van der Waals surface area (Å²) in [6.45, 7) is 6.10. The lowest BCUT2D eigenvalue weighted by Crippen LogP contribution is -2.51. The summed E-state index contributed by atoms with van der Waals surface area (Å²) >= 11 is 3.58. The Hall–Kier alpha value is -3.35. The molecule has 0 radical (unpaired) electrons. The number of carbonyl (C=O) groups is 1. The minimum Gasteiger partial charge on any atom is -0.438 e. The molecule has 4 rings (SSSR count). The number of benzene rings is 2. The molecule has 34 heavy (non-hydrogen) atoms. The van der Waals surface area contributed by atoms with Crippen LogP contribution in [-0.2, 0) is 0 Å². The van der Waals surface area contributed by atoms with Crippen molar-refractivity contribution in [2.24, 2.45) is 10.7 Å². The van der Waals surface area contributed by atoms with Crippen molar-refractivity contribution in [1.29, 1.82) is 5.26 Å². The lowest BCUT2D eigenvalue weighted by molar-refractivity contribution is 0.100. The standard InChI is InChI=1S/C25H27BrN6O2/c1-16-11-18(13-27)12-17(2)23(16)34-25-22(26)14-29-15-32(25)30-20-7-9-31(10-8-20)21-5-3-19(4-6-21)24(28)33/h3-6,11-12,14,20,30H,7-10,15H2,1-2H3,(H2,28,33). The zero-order chi connectivity index (χ0) is 24.2. The van der Waals surface area contributed by atoms with Gasteiger partial charge in [-0.3, -0.25) is 14.8 Å². The summed E-state index contributed by atoms with van der Waals surface area (Å²) in [5, 5.41) is 11.2. The number of nitrogens with one attached hydrogen (secondary N) is 1. The maximum atomic E-state index is 11.3. The molecule has 3 N–H and O–H groups in total. The first-order valence-electron chi connectivity index (χ1n) is 11.1. The number of piperidine rings is 1. The fourth-order valence-electron chi connectivity index (χ4n) is 4.25. The van der Waals surface area contributed by atoms with Gasteiger partial charge in [-0.2, -0.15) is 5.26 Å². The molecule has 0 atom stereocenters. The minimum atomic E-state index is -0.415. The molecule has 0 spiro atoms. The second kappa shape index (κ2) is 10.3. The zero-order valence-corrected chi connectivity index (χ0v) is 20.8. The van der Waals surface area contributed by atoms with Crippen LogP contribution in [0.1, 0.15) is 39.9 Å². The Morgan fingerprint density at radius 2 is 1.85 bits per heavy atom. The molecule has 0 bridgehead atoms. The lowest BCUT2D eigenvalue weighted by Gasteiger charge is -2.38. The average Bonchev–Trinajstić information content (AvgIpc) is 2.83. The van der Waals surface area contributed by atoms with Crippen LogP contribution in [0.15, 0.2) is 51.8 Å². The molecule has 0 aliphatic carbocycles. The van der Waals surface area contributed by atoms with Crippen LogP contribution in [-0.4, -0.2) is 42.9 Å². The molecule has 2 aromatic rings. The van der Waals surface area contributed by atoms with Crippen molar-refractivity contribution in [3.63, 3.8) is 0 Å². The molecule has 2 aliphatic heterocycles. The first-order valence-corrected chi connectivity index (χ1v) is 11.9. The number of aliphatic imine (C=N–C) groups is 1. The fourth-order valence-corrected chi connectivity index (χ4v) is 4.69. The van der Waals surface area contributed by atoms with E-state index in [1.807, 2.05) is 43.1 Å². The van der Waals surface area contributed by atoms with E-state index in [-0.39, 0.29) is 6.04 Å². The van der Waals surface area contributed by atoms with Gasteiger partial charge in [-0.25, -0.2) is 5.43 Å². The lowest BCUT2D eigenvalue weighted by atomic mass is 10.0. The van der Waals surface area contributed by atoms with Gasteiger partial charge in [-0.05, 0) is 90.1 Å². The number of amides is 1. The summed E-state index contributed by atoms with van der Waals surface area (Å²) in [6.07, 6.45) is 3.63. The maximum absolute atomic E-state index is 11.3. The average molecular weight is 523 g/mol. The van der Waals surface area contributed by atoms with Crippen molar-refractivity contribution in [1.82, 2.24) is 10.4 Å². The molecule has 9 heteroatoms. The third-order valence-corrected chi connectivity index (χ3v) is 6.56. The Bertz CT molecular complexity index is 1150. The number of anilines is 1. The molecule has 1 saturated heterocycles. The Balaban J connectivity index is 1.41. The summed E-state index contributed by atoms with van der Waals surface area (Å²) in [5.74, 6) is 0.972. The number of halogens is 1. The van der Waals surface area contributed by atoms with Crippen LogP contribution < -0.4 is 20.8 Å². The molecule has 176 valence electrons. The highest BCUT2D eigenvalue weighted by Gasteiger charge is 2.26. The van der Waals surface area contributed by atoms with Crippen LogP contribution in [0.3, 0.4) is 0 Å². The molecule has 0 unspecified atom stereocenters. The van der Waals surface area contributed by atoms with Gasteiger partial charge in [-0.15, -0.1) is 0 Å². The number of hydrogen-bond donors (Lipinski definition) is 2. The van der Waals surface area contributed by atoms with E-state index in [1.165, 1.54) is 0 Å². The molecule has 8 nitrogen and oxygen atoms in total. The van der Waals surface area contributed by atoms with E-state index in [9.17, 15) is 10.1 Å². The summed E-state index contributed by atoms with van der Waals surface area (Å²) in [5.41, 5.74) is 13.0. The molecule has 1 fully saturated rings. The van der Waals surface area contributed by atoms with Crippen molar-refractivity contribution in [3.8, 4) is 11.8 Å². The number of nitrogens with zero attached hydrogens (tertiary/aromatic N) is 4. The van der Waals surface area contributed by atoms with Crippen LogP contribution in [0.5, 0.6) is 5.75 Å². The van der Waals surface area contributed by atoms with Crippen LogP contribution in [0.2, 0.25) is 0 Å². The molecule has 2 aliphatic rings. The SMILES string of the molecule is Cc1cc(C#N)cc(C)c1OC1=C(Br)C=NCN1NC1CCN(c2ccc(C(N)=O)cc2)CC1. The van der Waals surface area contributed by atoms with E-state index in [4.69, 9.17) is 10.5 Å². The van der Waals surface area contributed by atoms with Crippen molar-refractivity contribution in [2.75, 3.05) is 24.7 Å². The first kappa shape index (κ1) is 23.8. The number of nitrogens with two attached hydrogens (primary N) is 1. The van der Waals surface area contributed by atoms with E-state index in [2.05, 4.69) is 37.3 Å². The summed E-state index contributed by atoms with van der Waals surface area (Å²) in [7, 11) is 0. The number of nitriles is 1. The van der Waals surface area contributed by atoms with Crippen LogP contribution in [0.25, 0.3) is 0 Å². The van der Waals surface area contributed by atoms with Crippen LogP contribution >= 0.6 is 15.9 Å². The van der Waals surface area contributed by atoms with Gasteiger partial charge < -0.3 is 15.4 Å². The van der Waals surface area contributed by atoms with Gasteiger partial charge in [0.2, 0.25) is 11.8 Å². The third-order valence-electron chi connectivity index (χ3n) is 6.02. The number of ether oxygens (including phenoxy) is 1. The molecule has 2 aromatic carbocycles. The zero-order valence-electron chi connectivity index (χ0n) is 19.2. The summed E-state index contributed by atoms with van der Waals surface area (Å²) in [6, 6.07) is 13.5. The number of allylic oxidation sites excluding steroid dienone is 1. The molecule has 1 amide bonds. The number of primary amides is 1. The van der Waals surface area contributed by atoms with Gasteiger partial charge in [0.05, 0.1) is 16.1 Å². The quantitative estimate of drug-likeness (QED) is 0.598. The Morgan fingerprint density at radius 1 is 1.21 bits per heavy atom. The predicted octanol–water partition coefficient (Wildman–Crippen LogP) is 3.73. The smallest absolute Gasteiger partial charge is 0.248 e. The topological polar surface area (TPSA) is 107 Å². The molecule has 2 heterocycles. The van der Waals surface area contributed by atoms with E-state index in [0.717, 1.165) is 53.0 Å². The van der Waals surface area contributed by atoms with Gasteiger partial charge >= 0.3 is 0 Å². The van der Waals surface area contributed by atoms with Gasteiger partial charge in [-0.1, -0.05) is 0 Å². The molecule has 0 aromatic heterocycles. The first-order chi connectivity index (χ1) is 16.4. The van der Waals surface area contributed by atoms with Crippen molar-refractivity contribution < 1.29 is 9.53 Å².